The van der Waals surface area contributed by atoms with Gasteiger partial charge in [-0.1, -0.05) is 25.0 Å². The Hall–Kier alpha value is -2.28. The van der Waals surface area contributed by atoms with Gasteiger partial charge in [-0.25, -0.2) is 14.2 Å². The molecule has 2 aliphatic rings. The quantitative estimate of drug-likeness (QED) is 0.765. The molecule has 4 rings (SSSR count). The number of hydrogen-bond donors (Lipinski definition) is 2. The average Bonchev–Trinajstić information content (AvgIpc) is 3.03. The van der Waals surface area contributed by atoms with Gasteiger partial charge < -0.3 is 15.5 Å². The van der Waals surface area contributed by atoms with Crippen molar-refractivity contribution >= 4 is 23.6 Å². The summed E-state index contributed by atoms with van der Waals surface area (Å²) in [7, 11) is 0. The first-order chi connectivity index (χ1) is 14.2. The van der Waals surface area contributed by atoms with Crippen LogP contribution in [0.1, 0.15) is 49.3 Å². The van der Waals surface area contributed by atoms with Crippen LogP contribution in [-0.4, -0.2) is 29.9 Å². The van der Waals surface area contributed by atoms with E-state index in [2.05, 4.69) is 26.6 Å². The number of benzene rings is 1. The van der Waals surface area contributed by atoms with Crippen LogP contribution in [0.4, 0.5) is 15.0 Å². The molecule has 1 saturated heterocycles. The van der Waals surface area contributed by atoms with E-state index >= 15 is 0 Å². The smallest absolute Gasteiger partial charge is 0.315 e. The molecular formula is C22H27FN4OS. The van der Waals surface area contributed by atoms with Gasteiger partial charge >= 0.3 is 6.03 Å². The third-order valence-electron chi connectivity index (χ3n) is 5.52. The monoisotopic (exact) mass is 414 g/mol. The van der Waals surface area contributed by atoms with Crippen LogP contribution < -0.4 is 15.5 Å². The fourth-order valence-electron chi connectivity index (χ4n) is 3.97. The molecule has 0 radical (unpaired) electrons. The van der Waals surface area contributed by atoms with Gasteiger partial charge in [0, 0.05) is 36.5 Å². The van der Waals surface area contributed by atoms with Gasteiger partial charge in [-0.2, -0.15) is 0 Å². The number of fused-ring (bicyclic) bond motifs is 1. The fourth-order valence-corrected chi connectivity index (χ4v) is 5.11. The van der Waals surface area contributed by atoms with E-state index in [0.29, 0.717) is 11.4 Å². The summed E-state index contributed by atoms with van der Waals surface area (Å²) < 4.78 is 14.0. The number of urea groups is 1. The van der Waals surface area contributed by atoms with Gasteiger partial charge in [0.15, 0.2) is 0 Å². The summed E-state index contributed by atoms with van der Waals surface area (Å²) in [5, 5.41) is 5.94. The van der Waals surface area contributed by atoms with E-state index in [-0.39, 0.29) is 17.9 Å². The van der Waals surface area contributed by atoms with Crippen LogP contribution >= 0.6 is 11.8 Å². The molecule has 2 N–H and O–H groups in total. The van der Waals surface area contributed by atoms with E-state index in [1.54, 1.807) is 6.07 Å². The van der Waals surface area contributed by atoms with Gasteiger partial charge in [0.25, 0.3) is 0 Å². The van der Waals surface area contributed by atoms with Crippen molar-refractivity contribution in [2.75, 3.05) is 23.7 Å². The highest BCUT2D eigenvalue weighted by Crippen LogP contribution is 2.37. The van der Waals surface area contributed by atoms with Gasteiger partial charge in [-0.15, -0.1) is 11.8 Å². The molecule has 2 aromatic rings. The molecule has 0 spiro atoms. The standard InChI is InChI=1S/C22H27FN4OS/c23-18-7-5-6-17-19(9-13-29-21(17)18)26-22(28)25-15-16-8-10-24-20(14-16)27-11-3-1-2-4-12-27/h5-8,10,14,19H,1-4,9,11-13,15H2,(H2,25,26,28). The van der Waals surface area contributed by atoms with E-state index < -0.39 is 0 Å². The number of rotatable bonds is 4. The summed E-state index contributed by atoms with van der Waals surface area (Å²) in [4.78, 5) is 20.0. The zero-order valence-corrected chi connectivity index (χ0v) is 17.3. The molecule has 1 fully saturated rings. The summed E-state index contributed by atoms with van der Waals surface area (Å²) >= 11 is 1.51. The number of carbonyl (C=O) groups is 1. The van der Waals surface area contributed by atoms with Crippen LogP contribution in [0.3, 0.4) is 0 Å². The zero-order valence-electron chi connectivity index (χ0n) is 16.5. The Morgan fingerprint density at radius 3 is 2.86 bits per heavy atom. The highest BCUT2D eigenvalue weighted by molar-refractivity contribution is 7.99. The number of aromatic nitrogens is 1. The lowest BCUT2D eigenvalue weighted by molar-refractivity contribution is 0.236. The maximum Gasteiger partial charge on any atom is 0.315 e. The number of halogens is 1. The van der Waals surface area contributed by atoms with E-state index in [9.17, 15) is 9.18 Å². The zero-order chi connectivity index (χ0) is 20.1. The van der Waals surface area contributed by atoms with Crippen LogP contribution in [0.15, 0.2) is 41.4 Å². The van der Waals surface area contributed by atoms with Gasteiger partial charge in [0.1, 0.15) is 11.6 Å². The number of hydrogen-bond acceptors (Lipinski definition) is 4. The molecular weight excluding hydrogens is 387 g/mol. The normalized spacial score (nSPS) is 19.2. The Labute approximate surface area is 175 Å². The minimum atomic E-state index is -0.231. The molecule has 29 heavy (non-hydrogen) atoms. The molecule has 1 unspecified atom stereocenters. The molecule has 154 valence electrons. The number of carbonyl (C=O) groups excluding carboxylic acids is 1. The summed E-state index contributed by atoms with van der Waals surface area (Å²) in [6, 6.07) is 8.67. The third kappa shape index (κ3) is 5.01. The van der Waals surface area contributed by atoms with Gasteiger partial charge in [0.2, 0.25) is 0 Å². The summed E-state index contributed by atoms with van der Waals surface area (Å²) in [6.45, 7) is 2.52. The average molecular weight is 415 g/mol. The minimum absolute atomic E-state index is 0.160. The van der Waals surface area contributed by atoms with Crippen molar-refractivity contribution in [1.29, 1.82) is 0 Å². The van der Waals surface area contributed by atoms with Crippen LogP contribution in [0, 0.1) is 5.82 Å². The van der Waals surface area contributed by atoms with E-state index in [1.807, 2.05) is 18.3 Å². The third-order valence-corrected chi connectivity index (χ3v) is 6.68. The van der Waals surface area contributed by atoms with Crippen molar-refractivity contribution in [2.45, 2.75) is 49.6 Å². The maximum atomic E-state index is 14.0. The second kappa shape index (κ2) is 9.48. The summed E-state index contributed by atoms with van der Waals surface area (Å²) in [6.07, 6.45) is 7.58. The molecule has 2 aliphatic heterocycles. The number of amides is 2. The Kier molecular flexibility index (Phi) is 6.54. The second-order valence-electron chi connectivity index (χ2n) is 7.60. The molecule has 3 heterocycles. The van der Waals surface area contributed by atoms with Crippen LogP contribution in [0.5, 0.6) is 0 Å². The van der Waals surface area contributed by atoms with Crippen LogP contribution in [0.2, 0.25) is 0 Å². The predicted molar refractivity (Wildman–Crippen MR) is 115 cm³/mol. The van der Waals surface area contributed by atoms with Gasteiger partial charge in [-0.05, 0) is 48.6 Å². The lowest BCUT2D eigenvalue weighted by Gasteiger charge is -2.26. The van der Waals surface area contributed by atoms with E-state index in [0.717, 1.165) is 42.2 Å². The number of thioether (sulfide) groups is 1. The van der Waals surface area contributed by atoms with Crippen molar-refractivity contribution in [3.63, 3.8) is 0 Å². The van der Waals surface area contributed by atoms with Crippen molar-refractivity contribution in [3.8, 4) is 0 Å². The van der Waals surface area contributed by atoms with Crippen LogP contribution in [-0.2, 0) is 6.54 Å². The summed E-state index contributed by atoms with van der Waals surface area (Å²) in [5.74, 6) is 1.57. The molecule has 5 nitrogen and oxygen atoms in total. The Balaban J connectivity index is 1.35. The van der Waals surface area contributed by atoms with Gasteiger partial charge in [-0.3, -0.25) is 0 Å². The maximum absolute atomic E-state index is 14.0. The molecule has 0 aliphatic carbocycles. The first-order valence-electron chi connectivity index (χ1n) is 10.4. The van der Waals surface area contributed by atoms with Crippen molar-refractivity contribution in [1.82, 2.24) is 15.6 Å². The number of nitrogens with zero attached hydrogens (tertiary/aromatic N) is 2. The first kappa shape index (κ1) is 20.0. The van der Waals surface area contributed by atoms with Gasteiger partial charge in [0.05, 0.1) is 6.04 Å². The minimum Gasteiger partial charge on any atom is -0.357 e. The first-order valence-corrected chi connectivity index (χ1v) is 11.3. The number of nitrogens with one attached hydrogen (secondary N) is 2. The lowest BCUT2D eigenvalue weighted by atomic mass is 10.0. The molecule has 1 aromatic heterocycles. The van der Waals surface area contributed by atoms with Crippen molar-refractivity contribution in [2.24, 2.45) is 0 Å². The fraction of sp³-hybridized carbons (Fsp3) is 0.455. The molecule has 7 heteroatoms. The van der Waals surface area contributed by atoms with E-state index in [1.165, 1.54) is 43.5 Å². The second-order valence-corrected chi connectivity index (χ2v) is 8.70. The van der Waals surface area contributed by atoms with Crippen molar-refractivity contribution in [3.05, 3.63) is 53.5 Å². The summed E-state index contributed by atoms with van der Waals surface area (Å²) in [5.41, 5.74) is 1.89. The Morgan fingerprint density at radius 1 is 1.21 bits per heavy atom. The lowest BCUT2D eigenvalue weighted by Crippen LogP contribution is -2.38. The predicted octanol–water partition coefficient (Wildman–Crippen LogP) is 4.64. The van der Waals surface area contributed by atoms with E-state index in [4.69, 9.17) is 0 Å². The van der Waals surface area contributed by atoms with Crippen molar-refractivity contribution < 1.29 is 9.18 Å². The molecule has 1 aromatic carbocycles. The SMILES string of the molecule is O=C(NCc1ccnc(N2CCCCCC2)c1)NC1CCSc2c(F)cccc21. The molecule has 0 saturated carbocycles. The molecule has 0 bridgehead atoms. The molecule has 1 atom stereocenters. The highest BCUT2D eigenvalue weighted by atomic mass is 32.2. The Bertz CT molecular complexity index is 854. The largest absolute Gasteiger partial charge is 0.357 e. The topological polar surface area (TPSA) is 57.3 Å². The molecule has 2 amide bonds. The number of pyridine rings is 1. The Morgan fingerprint density at radius 2 is 2.03 bits per heavy atom. The van der Waals surface area contributed by atoms with Crippen LogP contribution in [0.25, 0.3) is 0 Å². The highest BCUT2D eigenvalue weighted by Gasteiger charge is 2.24. The number of anilines is 1.